The van der Waals surface area contributed by atoms with Gasteiger partial charge in [-0.25, -0.2) is 0 Å². The molecule has 0 aromatic heterocycles. The van der Waals surface area contributed by atoms with Crippen LogP contribution in [0.1, 0.15) is 18.1 Å². The summed E-state index contributed by atoms with van der Waals surface area (Å²) in [6, 6.07) is 3.89. The molecular formula is C10H15NO4. The Labute approximate surface area is 87.4 Å². The van der Waals surface area contributed by atoms with E-state index < -0.39 is 12.2 Å². The van der Waals surface area contributed by atoms with Crippen molar-refractivity contribution in [2.24, 2.45) is 5.73 Å². The van der Waals surface area contributed by atoms with E-state index in [2.05, 4.69) is 0 Å². The van der Waals surface area contributed by atoms with Crippen LogP contribution in [0.2, 0.25) is 0 Å². The van der Waals surface area contributed by atoms with Crippen LogP contribution in [-0.4, -0.2) is 33.1 Å². The van der Waals surface area contributed by atoms with E-state index in [-0.39, 0.29) is 24.5 Å². The smallest absolute Gasteiger partial charge is 0.157 e. The first-order valence-electron chi connectivity index (χ1n) is 4.64. The molecule has 1 rings (SSSR count). The van der Waals surface area contributed by atoms with E-state index in [1.54, 1.807) is 0 Å². The van der Waals surface area contributed by atoms with Gasteiger partial charge in [0.2, 0.25) is 0 Å². The molecular weight excluding hydrogens is 198 g/mol. The first-order chi connectivity index (χ1) is 7.06. The van der Waals surface area contributed by atoms with Gasteiger partial charge < -0.3 is 26.2 Å². The van der Waals surface area contributed by atoms with E-state index in [4.69, 9.17) is 10.8 Å². The maximum Gasteiger partial charge on any atom is 0.157 e. The van der Waals surface area contributed by atoms with Crippen LogP contribution in [0.15, 0.2) is 18.2 Å². The number of benzene rings is 1. The molecule has 1 aromatic carbocycles. The number of phenolic OH excluding ortho intramolecular Hbond substituents is 2. The molecule has 1 aromatic rings. The van der Waals surface area contributed by atoms with Crippen LogP contribution in [-0.2, 0) is 0 Å². The van der Waals surface area contributed by atoms with Crippen LogP contribution >= 0.6 is 0 Å². The molecule has 0 radical (unpaired) electrons. The van der Waals surface area contributed by atoms with Crippen molar-refractivity contribution in [2.45, 2.75) is 18.6 Å². The molecule has 0 aliphatic carbocycles. The van der Waals surface area contributed by atoms with Crippen molar-refractivity contribution < 1.29 is 20.4 Å². The Morgan fingerprint density at radius 3 is 2.33 bits per heavy atom. The van der Waals surface area contributed by atoms with E-state index in [1.807, 2.05) is 0 Å². The van der Waals surface area contributed by atoms with Crippen molar-refractivity contribution in [3.8, 4) is 11.5 Å². The fourth-order valence-electron chi connectivity index (χ4n) is 1.28. The van der Waals surface area contributed by atoms with Crippen LogP contribution in [0.4, 0.5) is 0 Å². The van der Waals surface area contributed by atoms with Gasteiger partial charge in [0.05, 0.1) is 6.10 Å². The molecule has 0 aliphatic heterocycles. The van der Waals surface area contributed by atoms with Crippen molar-refractivity contribution in [2.75, 3.05) is 6.54 Å². The van der Waals surface area contributed by atoms with Gasteiger partial charge in [-0.1, -0.05) is 6.07 Å². The lowest BCUT2D eigenvalue weighted by atomic mass is 10.0. The van der Waals surface area contributed by atoms with Crippen LogP contribution in [0.5, 0.6) is 11.5 Å². The quantitative estimate of drug-likeness (QED) is 0.447. The van der Waals surface area contributed by atoms with Crippen LogP contribution in [0.3, 0.4) is 0 Å². The molecule has 0 saturated carbocycles. The number of rotatable bonds is 4. The highest BCUT2D eigenvalue weighted by atomic mass is 16.3. The first kappa shape index (κ1) is 11.8. The number of aromatic hydroxyl groups is 2. The fourth-order valence-corrected chi connectivity index (χ4v) is 1.28. The molecule has 2 unspecified atom stereocenters. The lowest BCUT2D eigenvalue weighted by Gasteiger charge is -2.17. The summed E-state index contributed by atoms with van der Waals surface area (Å²) in [5.74, 6) is -0.592. The minimum absolute atomic E-state index is 0.265. The molecule has 6 N–H and O–H groups in total. The zero-order valence-electron chi connectivity index (χ0n) is 8.17. The molecule has 5 nitrogen and oxygen atoms in total. The van der Waals surface area contributed by atoms with E-state index in [0.29, 0.717) is 5.56 Å². The van der Waals surface area contributed by atoms with E-state index in [9.17, 15) is 15.3 Å². The van der Waals surface area contributed by atoms with Gasteiger partial charge in [-0.15, -0.1) is 0 Å². The SMILES string of the molecule is NCCC(O)C(O)c1ccc(O)c(O)c1. The van der Waals surface area contributed by atoms with Crippen molar-refractivity contribution in [3.63, 3.8) is 0 Å². The summed E-state index contributed by atoms with van der Waals surface area (Å²) in [4.78, 5) is 0. The Hall–Kier alpha value is -1.30. The van der Waals surface area contributed by atoms with E-state index in [0.717, 1.165) is 0 Å². The molecule has 84 valence electrons. The molecule has 0 spiro atoms. The van der Waals surface area contributed by atoms with Gasteiger partial charge in [0.1, 0.15) is 6.10 Å². The minimum atomic E-state index is -1.11. The maximum atomic E-state index is 9.64. The van der Waals surface area contributed by atoms with Crippen LogP contribution < -0.4 is 5.73 Å². The van der Waals surface area contributed by atoms with Crippen molar-refractivity contribution in [1.29, 1.82) is 0 Å². The van der Waals surface area contributed by atoms with Crippen LogP contribution in [0, 0.1) is 0 Å². The van der Waals surface area contributed by atoms with Gasteiger partial charge in [0, 0.05) is 0 Å². The summed E-state index contributed by atoms with van der Waals surface area (Å²) >= 11 is 0. The topological polar surface area (TPSA) is 107 Å². The molecule has 0 saturated heterocycles. The number of phenols is 2. The summed E-state index contributed by atoms with van der Waals surface area (Å²) in [6.07, 6.45) is -1.82. The number of aliphatic hydroxyl groups is 2. The lowest BCUT2D eigenvalue weighted by Crippen LogP contribution is -2.21. The van der Waals surface area contributed by atoms with Gasteiger partial charge in [-0.05, 0) is 30.7 Å². The second kappa shape index (κ2) is 4.97. The summed E-state index contributed by atoms with van der Waals surface area (Å²) in [5.41, 5.74) is 5.58. The summed E-state index contributed by atoms with van der Waals surface area (Å²) < 4.78 is 0. The first-order valence-corrected chi connectivity index (χ1v) is 4.64. The molecule has 0 amide bonds. The Kier molecular flexibility index (Phi) is 3.90. The monoisotopic (exact) mass is 213 g/mol. The summed E-state index contributed by atoms with van der Waals surface area (Å²) in [5, 5.41) is 37.3. The number of hydrogen-bond donors (Lipinski definition) is 5. The summed E-state index contributed by atoms with van der Waals surface area (Å²) in [7, 11) is 0. The predicted molar refractivity (Wildman–Crippen MR) is 54.4 cm³/mol. The van der Waals surface area contributed by atoms with Gasteiger partial charge >= 0.3 is 0 Å². The third kappa shape index (κ3) is 2.82. The van der Waals surface area contributed by atoms with Gasteiger partial charge in [-0.2, -0.15) is 0 Å². The highest BCUT2D eigenvalue weighted by molar-refractivity contribution is 5.41. The molecule has 0 aliphatic rings. The maximum absolute atomic E-state index is 9.64. The van der Waals surface area contributed by atoms with Gasteiger partial charge in [0.25, 0.3) is 0 Å². The minimum Gasteiger partial charge on any atom is -0.504 e. The second-order valence-electron chi connectivity index (χ2n) is 3.34. The Balaban J connectivity index is 2.81. The second-order valence-corrected chi connectivity index (χ2v) is 3.34. The average Bonchev–Trinajstić information content (AvgIpc) is 2.21. The molecule has 2 atom stereocenters. The third-order valence-corrected chi connectivity index (χ3v) is 2.17. The van der Waals surface area contributed by atoms with Crippen molar-refractivity contribution in [3.05, 3.63) is 23.8 Å². The van der Waals surface area contributed by atoms with Crippen molar-refractivity contribution in [1.82, 2.24) is 0 Å². The van der Waals surface area contributed by atoms with Crippen molar-refractivity contribution >= 4 is 0 Å². The molecule has 0 heterocycles. The standard InChI is InChI=1S/C10H15NO4/c11-4-3-8(13)10(15)6-1-2-7(12)9(14)5-6/h1-2,5,8,10,12-15H,3-4,11H2. The fraction of sp³-hybridized carbons (Fsp3) is 0.400. The van der Waals surface area contributed by atoms with E-state index in [1.165, 1.54) is 18.2 Å². The molecule has 15 heavy (non-hydrogen) atoms. The number of hydrogen-bond acceptors (Lipinski definition) is 5. The zero-order valence-corrected chi connectivity index (χ0v) is 8.17. The Morgan fingerprint density at radius 2 is 1.80 bits per heavy atom. The highest BCUT2D eigenvalue weighted by Crippen LogP contribution is 2.29. The Morgan fingerprint density at radius 1 is 1.13 bits per heavy atom. The van der Waals surface area contributed by atoms with Gasteiger partial charge in [0.15, 0.2) is 11.5 Å². The largest absolute Gasteiger partial charge is 0.504 e. The average molecular weight is 213 g/mol. The number of aliphatic hydroxyl groups excluding tert-OH is 2. The normalized spacial score (nSPS) is 14.9. The summed E-state index contributed by atoms with van der Waals surface area (Å²) in [6.45, 7) is 0.266. The number of nitrogens with two attached hydrogens (primary N) is 1. The van der Waals surface area contributed by atoms with Gasteiger partial charge in [-0.3, -0.25) is 0 Å². The highest BCUT2D eigenvalue weighted by Gasteiger charge is 2.18. The Bertz CT molecular complexity index is 329. The predicted octanol–water partition coefficient (Wildman–Crippen LogP) is -0.159. The van der Waals surface area contributed by atoms with Crippen LogP contribution in [0.25, 0.3) is 0 Å². The molecule has 0 fully saturated rings. The molecule has 5 heteroatoms. The third-order valence-electron chi connectivity index (χ3n) is 2.17. The molecule has 0 bridgehead atoms. The lowest BCUT2D eigenvalue weighted by molar-refractivity contribution is 0.0149. The zero-order chi connectivity index (χ0) is 11.4. The van der Waals surface area contributed by atoms with E-state index >= 15 is 0 Å².